The predicted molar refractivity (Wildman–Crippen MR) is 41.7 cm³/mol. The number of aryl methyl sites for hydroxylation is 1. The van der Waals surface area contributed by atoms with Gasteiger partial charge in [0.1, 0.15) is 0 Å². The van der Waals surface area contributed by atoms with E-state index in [1.54, 1.807) is 7.05 Å². The molecule has 0 aliphatic carbocycles. The van der Waals surface area contributed by atoms with Crippen LogP contribution in [0.2, 0.25) is 0 Å². The third-order valence-corrected chi connectivity index (χ3v) is 1.80. The van der Waals surface area contributed by atoms with Crippen LogP contribution in [-0.2, 0) is 7.05 Å². The molecule has 0 spiro atoms. The standard InChI is InChI=1S/C9H7FN/c1-11-8-5-3-2-4-7(8)6-9(11)10/h2-5H,1H3. The molecule has 0 atom stereocenters. The molecule has 55 valence electrons. The van der Waals surface area contributed by atoms with Crippen molar-refractivity contribution in [3.8, 4) is 0 Å². The molecule has 2 rings (SSSR count). The first-order valence-electron chi connectivity index (χ1n) is 3.41. The summed E-state index contributed by atoms with van der Waals surface area (Å²) in [7, 11) is 1.69. The molecule has 1 heterocycles. The van der Waals surface area contributed by atoms with Gasteiger partial charge in [0.25, 0.3) is 0 Å². The van der Waals surface area contributed by atoms with Gasteiger partial charge in [0, 0.05) is 18.5 Å². The summed E-state index contributed by atoms with van der Waals surface area (Å²) in [6.45, 7) is 0. The molecule has 1 aromatic carbocycles. The zero-order chi connectivity index (χ0) is 7.84. The lowest BCUT2D eigenvalue weighted by Gasteiger charge is -1.93. The monoisotopic (exact) mass is 148 g/mol. The second-order valence-electron chi connectivity index (χ2n) is 2.49. The molecule has 1 aromatic heterocycles. The minimum Gasteiger partial charge on any atom is -0.320 e. The quantitative estimate of drug-likeness (QED) is 0.539. The van der Waals surface area contributed by atoms with Crippen molar-refractivity contribution in [2.24, 2.45) is 7.05 Å². The number of fused-ring (bicyclic) bond motifs is 1. The highest BCUT2D eigenvalue weighted by Crippen LogP contribution is 2.15. The minimum atomic E-state index is -0.314. The van der Waals surface area contributed by atoms with Gasteiger partial charge in [-0.05, 0) is 6.07 Å². The van der Waals surface area contributed by atoms with Crippen molar-refractivity contribution in [3.05, 3.63) is 36.3 Å². The summed E-state index contributed by atoms with van der Waals surface area (Å²) in [6, 6.07) is 10.1. The number of hydrogen-bond acceptors (Lipinski definition) is 0. The number of rotatable bonds is 0. The molecule has 1 nitrogen and oxygen atoms in total. The summed E-state index contributed by atoms with van der Waals surface area (Å²) in [4.78, 5) is 0. The largest absolute Gasteiger partial charge is 0.320 e. The Kier molecular flexibility index (Phi) is 1.22. The third kappa shape index (κ3) is 0.827. The smallest absolute Gasteiger partial charge is 0.202 e. The fraction of sp³-hybridized carbons (Fsp3) is 0.111. The van der Waals surface area contributed by atoms with Crippen LogP contribution in [0.25, 0.3) is 10.9 Å². The Morgan fingerprint density at radius 1 is 1.36 bits per heavy atom. The first kappa shape index (κ1) is 6.40. The van der Waals surface area contributed by atoms with E-state index >= 15 is 0 Å². The van der Waals surface area contributed by atoms with E-state index in [4.69, 9.17) is 0 Å². The van der Waals surface area contributed by atoms with Crippen LogP contribution >= 0.6 is 0 Å². The topological polar surface area (TPSA) is 4.93 Å². The van der Waals surface area contributed by atoms with Crippen LogP contribution < -0.4 is 0 Å². The fourth-order valence-electron chi connectivity index (χ4n) is 1.17. The SMILES string of the molecule is Cn1c(F)[c]c2ccccc21. The highest BCUT2D eigenvalue weighted by molar-refractivity contribution is 5.79. The second kappa shape index (κ2) is 2.09. The fourth-order valence-corrected chi connectivity index (χ4v) is 1.17. The van der Waals surface area contributed by atoms with Gasteiger partial charge >= 0.3 is 0 Å². The Balaban J connectivity index is 2.92. The van der Waals surface area contributed by atoms with E-state index in [9.17, 15) is 4.39 Å². The molecule has 0 N–H and O–H groups in total. The van der Waals surface area contributed by atoms with Gasteiger partial charge in [-0.2, -0.15) is 4.39 Å². The maximum atomic E-state index is 12.8. The van der Waals surface area contributed by atoms with E-state index in [0.29, 0.717) is 0 Å². The minimum absolute atomic E-state index is 0.314. The van der Waals surface area contributed by atoms with Crippen molar-refractivity contribution in [3.63, 3.8) is 0 Å². The Morgan fingerprint density at radius 2 is 2.09 bits per heavy atom. The summed E-state index contributed by atoms with van der Waals surface area (Å²) in [5.41, 5.74) is 0.880. The van der Waals surface area contributed by atoms with E-state index in [1.165, 1.54) is 4.57 Å². The average molecular weight is 148 g/mol. The van der Waals surface area contributed by atoms with E-state index < -0.39 is 0 Å². The summed E-state index contributed by atoms with van der Waals surface area (Å²) >= 11 is 0. The number of para-hydroxylation sites is 1. The Hall–Kier alpha value is -1.31. The normalized spacial score (nSPS) is 10.7. The van der Waals surface area contributed by atoms with Crippen molar-refractivity contribution in [2.75, 3.05) is 0 Å². The van der Waals surface area contributed by atoms with Crippen LogP contribution in [0.5, 0.6) is 0 Å². The lowest BCUT2D eigenvalue weighted by molar-refractivity contribution is 0.540. The molecule has 0 fully saturated rings. The van der Waals surface area contributed by atoms with Crippen molar-refractivity contribution in [1.29, 1.82) is 0 Å². The molecule has 2 heteroatoms. The van der Waals surface area contributed by atoms with Crippen molar-refractivity contribution in [2.45, 2.75) is 0 Å². The first-order chi connectivity index (χ1) is 5.29. The van der Waals surface area contributed by atoms with Gasteiger partial charge in [-0.25, -0.2) is 0 Å². The van der Waals surface area contributed by atoms with Gasteiger partial charge in [-0.3, -0.25) is 0 Å². The second-order valence-corrected chi connectivity index (χ2v) is 2.49. The maximum Gasteiger partial charge on any atom is 0.202 e. The van der Waals surface area contributed by atoms with E-state index in [0.717, 1.165) is 10.9 Å². The number of benzene rings is 1. The molecule has 0 amide bonds. The molecule has 0 unspecified atom stereocenters. The molecule has 0 aliphatic rings. The van der Waals surface area contributed by atoms with Crippen molar-refractivity contribution < 1.29 is 4.39 Å². The van der Waals surface area contributed by atoms with E-state index in [2.05, 4.69) is 6.07 Å². The maximum absolute atomic E-state index is 12.8. The Morgan fingerprint density at radius 3 is 2.82 bits per heavy atom. The zero-order valence-electron chi connectivity index (χ0n) is 6.13. The van der Waals surface area contributed by atoms with Crippen LogP contribution in [0.1, 0.15) is 0 Å². The summed E-state index contributed by atoms with van der Waals surface area (Å²) in [6.07, 6.45) is 0. The molecule has 0 aliphatic heterocycles. The molecule has 0 saturated carbocycles. The van der Waals surface area contributed by atoms with Gasteiger partial charge < -0.3 is 4.57 Å². The lowest BCUT2D eigenvalue weighted by atomic mass is 10.2. The van der Waals surface area contributed by atoms with E-state index in [-0.39, 0.29) is 5.95 Å². The summed E-state index contributed by atoms with van der Waals surface area (Å²) < 4.78 is 14.3. The Labute approximate surface area is 64.1 Å². The Bertz CT molecular complexity index is 389. The van der Waals surface area contributed by atoms with Gasteiger partial charge in [0.05, 0.1) is 5.52 Å². The van der Waals surface area contributed by atoms with Crippen LogP contribution in [0, 0.1) is 12.0 Å². The van der Waals surface area contributed by atoms with Gasteiger partial charge in [-0.1, -0.05) is 18.2 Å². The average Bonchev–Trinajstić information content (AvgIpc) is 2.30. The van der Waals surface area contributed by atoms with Crippen LogP contribution in [-0.4, -0.2) is 4.57 Å². The number of nitrogens with zero attached hydrogens (tertiary/aromatic N) is 1. The van der Waals surface area contributed by atoms with Crippen LogP contribution in [0.3, 0.4) is 0 Å². The van der Waals surface area contributed by atoms with E-state index in [1.807, 2.05) is 24.3 Å². The molecular weight excluding hydrogens is 141 g/mol. The van der Waals surface area contributed by atoms with Crippen molar-refractivity contribution in [1.82, 2.24) is 4.57 Å². The van der Waals surface area contributed by atoms with Crippen LogP contribution in [0.4, 0.5) is 4.39 Å². The predicted octanol–water partition coefficient (Wildman–Crippen LogP) is 2.12. The third-order valence-electron chi connectivity index (χ3n) is 1.80. The van der Waals surface area contributed by atoms with Crippen LogP contribution in [0.15, 0.2) is 24.3 Å². The lowest BCUT2D eigenvalue weighted by Crippen LogP contribution is -1.89. The number of aromatic nitrogens is 1. The van der Waals surface area contributed by atoms with Crippen molar-refractivity contribution >= 4 is 10.9 Å². The highest BCUT2D eigenvalue weighted by Gasteiger charge is 2.02. The molecule has 0 saturated heterocycles. The molecule has 2 aromatic rings. The molecule has 0 bridgehead atoms. The highest BCUT2D eigenvalue weighted by atomic mass is 19.1. The van der Waals surface area contributed by atoms with Gasteiger partial charge in [-0.15, -0.1) is 0 Å². The summed E-state index contributed by atoms with van der Waals surface area (Å²) in [5, 5.41) is 0.826. The molecular formula is C9H7FN. The molecule has 1 radical (unpaired) electrons. The van der Waals surface area contributed by atoms with Gasteiger partial charge in [0.15, 0.2) is 0 Å². The number of hydrogen-bond donors (Lipinski definition) is 0. The zero-order valence-corrected chi connectivity index (χ0v) is 6.13. The first-order valence-corrected chi connectivity index (χ1v) is 3.41. The molecule has 11 heavy (non-hydrogen) atoms. The number of halogens is 1. The van der Waals surface area contributed by atoms with Gasteiger partial charge in [0.2, 0.25) is 5.95 Å². The summed E-state index contributed by atoms with van der Waals surface area (Å²) in [5.74, 6) is -0.314.